The average Bonchev–Trinajstić information content (AvgIpc) is 2.53. The molecule has 0 spiro atoms. The molecule has 0 aliphatic carbocycles. The number of amides is 1. The zero-order chi connectivity index (χ0) is 17.7. The lowest BCUT2D eigenvalue weighted by atomic mass is 10.2. The second-order valence-electron chi connectivity index (χ2n) is 4.82. The Kier molecular flexibility index (Phi) is 5.59. The van der Waals surface area contributed by atoms with Gasteiger partial charge in [0.05, 0.1) is 17.9 Å². The van der Waals surface area contributed by atoms with Gasteiger partial charge in [-0.15, -0.1) is 0 Å². The number of methoxy groups -OCH3 is 1. The van der Waals surface area contributed by atoms with Crippen LogP contribution < -0.4 is 16.8 Å². The molecule has 2 rings (SSSR count). The third-order valence-corrected chi connectivity index (χ3v) is 3.93. The minimum absolute atomic E-state index is 0.240. The first-order valence-electron chi connectivity index (χ1n) is 6.95. The van der Waals surface area contributed by atoms with Crippen LogP contribution in [0.5, 0.6) is 0 Å². The largest absolute Gasteiger partial charge is 0.465 e. The summed E-state index contributed by atoms with van der Waals surface area (Å²) >= 11 is 1.14. The van der Waals surface area contributed by atoms with Gasteiger partial charge in [0.2, 0.25) is 5.91 Å². The number of hydrogen-bond donors (Lipinski definition) is 3. The summed E-state index contributed by atoms with van der Waals surface area (Å²) in [5.41, 5.74) is 12.2. The van der Waals surface area contributed by atoms with E-state index < -0.39 is 11.2 Å². The number of aromatic nitrogens is 2. The molecule has 0 bridgehead atoms. The van der Waals surface area contributed by atoms with Crippen molar-refractivity contribution >= 4 is 41.0 Å². The lowest BCUT2D eigenvalue weighted by molar-refractivity contribution is -0.115. The van der Waals surface area contributed by atoms with E-state index >= 15 is 0 Å². The van der Waals surface area contributed by atoms with Gasteiger partial charge < -0.3 is 21.5 Å². The minimum atomic E-state index is -0.466. The molecule has 0 radical (unpaired) electrons. The molecule has 0 saturated carbocycles. The number of nitrogens with two attached hydrogens (primary N) is 2. The van der Waals surface area contributed by atoms with Crippen molar-refractivity contribution in [3.63, 3.8) is 0 Å². The SMILES string of the molecule is COC(=O)c1ccc(NC(=O)C(C)Sc2nc(N)cc(N)n2)cc1. The quantitative estimate of drug-likeness (QED) is 0.421. The van der Waals surface area contributed by atoms with Gasteiger partial charge in [-0.3, -0.25) is 4.79 Å². The first-order valence-corrected chi connectivity index (χ1v) is 7.83. The summed E-state index contributed by atoms with van der Waals surface area (Å²) in [6.45, 7) is 1.71. The fraction of sp³-hybridized carbons (Fsp3) is 0.200. The second kappa shape index (κ2) is 7.64. The van der Waals surface area contributed by atoms with Crippen LogP contribution in [0.1, 0.15) is 17.3 Å². The highest BCUT2D eigenvalue weighted by Gasteiger charge is 2.17. The first-order chi connectivity index (χ1) is 11.4. The van der Waals surface area contributed by atoms with Crippen LogP contribution in [0.3, 0.4) is 0 Å². The number of anilines is 3. The molecule has 2 aromatic rings. The normalized spacial score (nSPS) is 11.6. The van der Waals surface area contributed by atoms with Crippen molar-refractivity contribution in [2.75, 3.05) is 23.9 Å². The van der Waals surface area contributed by atoms with Crippen LogP contribution in [0, 0.1) is 0 Å². The molecule has 0 fully saturated rings. The van der Waals surface area contributed by atoms with E-state index in [2.05, 4.69) is 20.0 Å². The highest BCUT2D eigenvalue weighted by atomic mass is 32.2. The van der Waals surface area contributed by atoms with Crippen molar-refractivity contribution in [1.82, 2.24) is 9.97 Å². The van der Waals surface area contributed by atoms with Crippen LogP contribution in [0.2, 0.25) is 0 Å². The zero-order valence-corrected chi connectivity index (χ0v) is 14.0. The standard InChI is InChI=1S/C15H17N5O3S/c1-8(24-15-19-11(16)7-12(17)20-15)13(21)18-10-5-3-9(4-6-10)14(22)23-2/h3-8H,1-2H3,(H,18,21)(H4,16,17,19,20). The third kappa shape index (κ3) is 4.59. The van der Waals surface area contributed by atoms with Crippen molar-refractivity contribution < 1.29 is 14.3 Å². The van der Waals surface area contributed by atoms with Gasteiger partial charge in [0.25, 0.3) is 0 Å². The van der Waals surface area contributed by atoms with E-state index in [-0.39, 0.29) is 17.5 Å². The number of nitrogens with zero attached hydrogens (tertiary/aromatic N) is 2. The number of carbonyl (C=O) groups is 2. The lowest BCUT2D eigenvalue weighted by Gasteiger charge is -2.12. The molecule has 1 heterocycles. The highest BCUT2D eigenvalue weighted by molar-refractivity contribution is 8.00. The maximum absolute atomic E-state index is 12.2. The summed E-state index contributed by atoms with van der Waals surface area (Å²) in [7, 11) is 1.31. The van der Waals surface area contributed by atoms with Gasteiger partial charge in [0.1, 0.15) is 11.6 Å². The molecule has 126 valence electrons. The smallest absolute Gasteiger partial charge is 0.337 e. The van der Waals surface area contributed by atoms with Gasteiger partial charge in [0.15, 0.2) is 5.16 Å². The Bertz CT molecular complexity index is 731. The van der Waals surface area contributed by atoms with E-state index in [1.54, 1.807) is 31.2 Å². The van der Waals surface area contributed by atoms with E-state index in [4.69, 9.17) is 11.5 Å². The summed E-state index contributed by atoms with van der Waals surface area (Å²) in [5, 5.41) is 2.61. The molecule has 5 N–H and O–H groups in total. The van der Waals surface area contributed by atoms with E-state index in [0.717, 1.165) is 11.8 Å². The Morgan fingerprint density at radius 2 is 1.75 bits per heavy atom. The Balaban J connectivity index is 1.99. The third-order valence-electron chi connectivity index (χ3n) is 2.97. The summed E-state index contributed by atoms with van der Waals surface area (Å²) in [6, 6.07) is 7.83. The molecule has 1 unspecified atom stereocenters. The molecule has 1 amide bonds. The fourth-order valence-electron chi connectivity index (χ4n) is 1.78. The average molecular weight is 347 g/mol. The van der Waals surface area contributed by atoms with E-state index in [0.29, 0.717) is 16.4 Å². The number of nitrogens with one attached hydrogen (secondary N) is 1. The highest BCUT2D eigenvalue weighted by Crippen LogP contribution is 2.22. The summed E-state index contributed by atoms with van der Waals surface area (Å²) in [4.78, 5) is 31.6. The molecule has 1 aromatic heterocycles. The monoisotopic (exact) mass is 347 g/mol. The molecule has 0 aliphatic heterocycles. The molecule has 0 aliphatic rings. The van der Waals surface area contributed by atoms with Gasteiger partial charge in [0, 0.05) is 11.8 Å². The van der Waals surface area contributed by atoms with Crippen molar-refractivity contribution in [2.45, 2.75) is 17.3 Å². The van der Waals surface area contributed by atoms with E-state index in [9.17, 15) is 9.59 Å². The molecule has 1 atom stereocenters. The summed E-state index contributed by atoms with van der Waals surface area (Å²) < 4.78 is 4.62. The van der Waals surface area contributed by atoms with Crippen LogP contribution in [0.4, 0.5) is 17.3 Å². The molecule has 24 heavy (non-hydrogen) atoms. The van der Waals surface area contributed by atoms with Gasteiger partial charge in [-0.2, -0.15) is 0 Å². The number of carbonyl (C=O) groups excluding carboxylic acids is 2. The van der Waals surface area contributed by atoms with Gasteiger partial charge >= 0.3 is 5.97 Å². The van der Waals surface area contributed by atoms with Gasteiger partial charge in [-0.25, -0.2) is 14.8 Å². The summed E-state index contributed by atoms with van der Waals surface area (Å²) in [5.74, 6) is -0.185. The lowest BCUT2D eigenvalue weighted by Crippen LogP contribution is -2.22. The zero-order valence-electron chi connectivity index (χ0n) is 13.1. The first kappa shape index (κ1) is 17.5. The number of thioether (sulfide) groups is 1. The van der Waals surface area contributed by atoms with Crippen LogP contribution in [-0.2, 0) is 9.53 Å². The molecule has 1 aromatic carbocycles. The second-order valence-corrected chi connectivity index (χ2v) is 6.13. The van der Waals surface area contributed by atoms with Crippen molar-refractivity contribution in [3.05, 3.63) is 35.9 Å². The Hall–Kier alpha value is -2.81. The van der Waals surface area contributed by atoms with Gasteiger partial charge in [-0.05, 0) is 31.2 Å². The Labute approximate surface area is 143 Å². The molecule has 8 nitrogen and oxygen atoms in total. The predicted octanol–water partition coefficient (Wildman–Crippen LogP) is 1.55. The molecular weight excluding hydrogens is 330 g/mol. The van der Waals surface area contributed by atoms with E-state index in [1.165, 1.54) is 13.2 Å². The van der Waals surface area contributed by atoms with Gasteiger partial charge in [-0.1, -0.05) is 11.8 Å². The maximum atomic E-state index is 12.2. The number of nitrogen functional groups attached to an aromatic ring is 2. The van der Waals surface area contributed by atoms with Crippen LogP contribution in [0.25, 0.3) is 0 Å². The Morgan fingerprint density at radius 3 is 2.29 bits per heavy atom. The number of hydrogen-bond acceptors (Lipinski definition) is 8. The van der Waals surface area contributed by atoms with E-state index in [1.807, 2.05) is 0 Å². The minimum Gasteiger partial charge on any atom is -0.465 e. The van der Waals surface area contributed by atoms with Crippen molar-refractivity contribution in [3.8, 4) is 0 Å². The number of ether oxygens (including phenoxy) is 1. The molecule has 9 heteroatoms. The number of rotatable bonds is 5. The maximum Gasteiger partial charge on any atom is 0.337 e. The van der Waals surface area contributed by atoms with Crippen LogP contribution in [0.15, 0.2) is 35.5 Å². The van der Waals surface area contributed by atoms with Crippen LogP contribution >= 0.6 is 11.8 Å². The number of benzene rings is 1. The fourth-order valence-corrected chi connectivity index (χ4v) is 2.58. The van der Waals surface area contributed by atoms with Crippen molar-refractivity contribution in [1.29, 1.82) is 0 Å². The molecular formula is C15H17N5O3S. The topological polar surface area (TPSA) is 133 Å². The van der Waals surface area contributed by atoms with Crippen molar-refractivity contribution in [2.24, 2.45) is 0 Å². The summed E-state index contributed by atoms with van der Waals surface area (Å²) in [6.07, 6.45) is 0. The van der Waals surface area contributed by atoms with Crippen LogP contribution in [-0.4, -0.2) is 34.2 Å². The Morgan fingerprint density at radius 1 is 1.17 bits per heavy atom. The number of esters is 1. The molecule has 0 saturated heterocycles. The predicted molar refractivity (Wildman–Crippen MR) is 92.6 cm³/mol.